The quantitative estimate of drug-likeness (QED) is 0.849. The molecule has 0 amide bonds. The fourth-order valence-electron chi connectivity index (χ4n) is 1.41. The predicted octanol–water partition coefficient (Wildman–Crippen LogP) is 2.83. The average Bonchev–Trinajstić information content (AvgIpc) is 2.26. The van der Waals surface area contributed by atoms with Crippen molar-refractivity contribution in [1.82, 2.24) is 0 Å². The van der Waals surface area contributed by atoms with Crippen molar-refractivity contribution < 1.29 is 19.4 Å². The topological polar surface area (TPSA) is 55.8 Å². The Hall–Kier alpha value is -1.07. The van der Waals surface area contributed by atoms with E-state index in [4.69, 9.17) is 9.47 Å². The highest BCUT2D eigenvalue weighted by molar-refractivity contribution is 9.10. The van der Waals surface area contributed by atoms with Crippen molar-refractivity contribution in [3.05, 3.63) is 28.2 Å². The molecule has 0 bridgehead atoms. The molecule has 18 heavy (non-hydrogen) atoms. The second kappa shape index (κ2) is 6.75. The van der Waals surface area contributed by atoms with Crippen LogP contribution in [0.4, 0.5) is 0 Å². The van der Waals surface area contributed by atoms with Gasteiger partial charge in [0.05, 0.1) is 12.2 Å². The Morgan fingerprint density at radius 1 is 1.39 bits per heavy atom. The summed E-state index contributed by atoms with van der Waals surface area (Å²) in [4.78, 5) is 11.4. The highest BCUT2D eigenvalue weighted by atomic mass is 79.9. The van der Waals surface area contributed by atoms with E-state index in [1.807, 2.05) is 0 Å². The molecule has 100 valence electrons. The van der Waals surface area contributed by atoms with E-state index in [9.17, 15) is 9.90 Å². The molecule has 0 spiro atoms. The summed E-state index contributed by atoms with van der Waals surface area (Å²) >= 11 is 3.32. The summed E-state index contributed by atoms with van der Waals surface area (Å²) < 4.78 is 11.2. The maximum atomic E-state index is 11.4. The molecule has 5 heteroatoms. The molecule has 0 aromatic heterocycles. The van der Waals surface area contributed by atoms with E-state index < -0.39 is 12.1 Å². The van der Waals surface area contributed by atoms with Crippen molar-refractivity contribution in [2.75, 3.05) is 6.61 Å². The maximum Gasteiger partial charge on any atom is 0.344 e. The lowest BCUT2D eigenvalue weighted by molar-refractivity contribution is -0.149. The van der Waals surface area contributed by atoms with E-state index >= 15 is 0 Å². The molecule has 0 aliphatic heterocycles. The van der Waals surface area contributed by atoms with Gasteiger partial charge in [-0.1, -0.05) is 15.9 Å². The number of esters is 1. The highest BCUT2D eigenvalue weighted by Crippen LogP contribution is 2.28. The van der Waals surface area contributed by atoms with Gasteiger partial charge in [-0.25, -0.2) is 4.79 Å². The van der Waals surface area contributed by atoms with Gasteiger partial charge in [-0.3, -0.25) is 0 Å². The van der Waals surface area contributed by atoms with Crippen LogP contribution in [0.1, 0.15) is 32.4 Å². The van der Waals surface area contributed by atoms with Gasteiger partial charge in [0.15, 0.2) is 6.61 Å². The Balaban J connectivity index is 2.70. The van der Waals surface area contributed by atoms with Crippen LogP contribution in [0, 0.1) is 0 Å². The monoisotopic (exact) mass is 316 g/mol. The Morgan fingerprint density at radius 3 is 2.61 bits per heavy atom. The molecule has 1 rings (SSSR count). The van der Waals surface area contributed by atoms with Gasteiger partial charge < -0.3 is 14.6 Å². The van der Waals surface area contributed by atoms with Crippen molar-refractivity contribution >= 4 is 21.9 Å². The second-order valence-electron chi connectivity index (χ2n) is 4.19. The molecule has 1 aromatic rings. The lowest BCUT2D eigenvalue weighted by atomic mass is 10.1. The van der Waals surface area contributed by atoms with Crippen molar-refractivity contribution in [3.8, 4) is 5.75 Å². The van der Waals surface area contributed by atoms with E-state index in [0.29, 0.717) is 11.3 Å². The molecular formula is C13H17BrO4. The number of carbonyl (C=O) groups excluding carboxylic acids is 1. The normalized spacial score (nSPS) is 12.3. The Morgan fingerprint density at radius 2 is 2.06 bits per heavy atom. The van der Waals surface area contributed by atoms with Crippen LogP contribution in [-0.4, -0.2) is 23.8 Å². The maximum absolute atomic E-state index is 11.4. The minimum Gasteiger partial charge on any atom is -0.482 e. The van der Waals surface area contributed by atoms with Gasteiger partial charge >= 0.3 is 5.97 Å². The number of rotatable bonds is 5. The Kier molecular flexibility index (Phi) is 5.62. The summed E-state index contributed by atoms with van der Waals surface area (Å²) in [6, 6.07) is 5.25. The number of hydrogen-bond donors (Lipinski definition) is 1. The molecule has 1 aromatic carbocycles. The molecule has 0 fully saturated rings. The largest absolute Gasteiger partial charge is 0.482 e. The lowest BCUT2D eigenvalue weighted by Gasteiger charge is -2.14. The van der Waals surface area contributed by atoms with E-state index in [1.165, 1.54) is 0 Å². The number of hydrogen-bond acceptors (Lipinski definition) is 4. The van der Waals surface area contributed by atoms with Crippen LogP contribution in [0.25, 0.3) is 0 Å². The molecule has 0 aliphatic carbocycles. The smallest absolute Gasteiger partial charge is 0.344 e. The average molecular weight is 317 g/mol. The third-order valence-electron chi connectivity index (χ3n) is 2.13. The fourth-order valence-corrected chi connectivity index (χ4v) is 1.79. The molecule has 0 aliphatic rings. The molecule has 0 saturated heterocycles. The van der Waals surface area contributed by atoms with E-state index in [-0.39, 0.29) is 12.7 Å². The molecule has 1 atom stereocenters. The van der Waals surface area contributed by atoms with E-state index in [2.05, 4.69) is 15.9 Å². The predicted molar refractivity (Wildman–Crippen MR) is 71.5 cm³/mol. The third-order valence-corrected chi connectivity index (χ3v) is 2.63. The van der Waals surface area contributed by atoms with Crippen molar-refractivity contribution in [2.24, 2.45) is 0 Å². The molecule has 0 unspecified atom stereocenters. The minimum atomic E-state index is -0.668. The molecular weight excluding hydrogens is 300 g/mol. The van der Waals surface area contributed by atoms with Crippen LogP contribution in [0.15, 0.2) is 22.7 Å². The van der Waals surface area contributed by atoms with Crippen molar-refractivity contribution in [2.45, 2.75) is 33.0 Å². The zero-order valence-electron chi connectivity index (χ0n) is 10.6. The van der Waals surface area contributed by atoms with Gasteiger partial charge in [0, 0.05) is 10.0 Å². The molecule has 0 heterocycles. The number of aliphatic hydroxyl groups excluding tert-OH is 1. The summed E-state index contributed by atoms with van der Waals surface area (Å²) in [5.74, 6) is 0.0540. The minimum absolute atomic E-state index is 0.165. The lowest BCUT2D eigenvalue weighted by Crippen LogP contribution is -2.19. The van der Waals surface area contributed by atoms with Crippen molar-refractivity contribution in [1.29, 1.82) is 0 Å². The highest BCUT2D eigenvalue weighted by Gasteiger charge is 2.12. The van der Waals surface area contributed by atoms with E-state index in [0.717, 1.165) is 4.47 Å². The number of halogens is 1. The van der Waals surface area contributed by atoms with Crippen LogP contribution < -0.4 is 4.74 Å². The number of benzene rings is 1. The van der Waals surface area contributed by atoms with Gasteiger partial charge in [-0.2, -0.15) is 0 Å². The fraction of sp³-hybridized carbons (Fsp3) is 0.462. The number of aliphatic hydroxyl groups is 1. The molecule has 0 radical (unpaired) electrons. The number of ether oxygens (including phenoxy) is 2. The summed E-state index contributed by atoms with van der Waals surface area (Å²) in [7, 11) is 0. The Labute approximate surface area is 115 Å². The summed E-state index contributed by atoms with van der Waals surface area (Å²) in [5, 5.41) is 9.62. The first-order chi connectivity index (χ1) is 8.40. The van der Waals surface area contributed by atoms with Gasteiger partial charge in [-0.15, -0.1) is 0 Å². The first-order valence-electron chi connectivity index (χ1n) is 5.70. The van der Waals surface area contributed by atoms with Crippen LogP contribution >= 0.6 is 15.9 Å². The number of carbonyl (C=O) groups is 1. The van der Waals surface area contributed by atoms with Gasteiger partial charge in [0.1, 0.15) is 5.75 Å². The van der Waals surface area contributed by atoms with Gasteiger partial charge in [-0.05, 0) is 39.0 Å². The van der Waals surface area contributed by atoms with Crippen LogP contribution in [-0.2, 0) is 9.53 Å². The standard InChI is InChI=1S/C13H17BrO4/c1-8(2)18-13(16)7-17-12-5-4-10(14)6-11(12)9(3)15/h4-6,8-9,15H,7H2,1-3H3/t9-/m1/s1. The van der Waals surface area contributed by atoms with Gasteiger partial charge in [0.2, 0.25) is 0 Å². The van der Waals surface area contributed by atoms with Crippen molar-refractivity contribution in [3.63, 3.8) is 0 Å². The summed E-state index contributed by atoms with van der Waals surface area (Å²) in [6.07, 6.45) is -0.833. The molecule has 4 nitrogen and oxygen atoms in total. The summed E-state index contributed by atoms with van der Waals surface area (Å²) in [5.41, 5.74) is 0.627. The first-order valence-corrected chi connectivity index (χ1v) is 6.49. The van der Waals surface area contributed by atoms with Crippen LogP contribution in [0.2, 0.25) is 0 Å². The zero-order chi connectivity index (χ0) is 13.7. The summed E-state index contributed by atoms with van der Waals surface area (Å²) in [6.45, 7) is 5.03. The SMILES string of the molecule is CC(C)OC(=O)COc1ccc(Br)cc1[C@@H](C)O. The van der Waals surface area contributed by atoms with Crippen LogP contribution in [0.3, 0.4) is 0 Å². The zero-order valence-corrected chi connectivity index (χ0v) is 12.2. The molecule has 0 saturated carbocycles. The Bertz CT molecular complexity index is 415. The van der Waals surface area contributed by atoms with Gasteiger partial charge in [0.25, 0.3) is 0 Å². The second-order valence-corrected chi connectivity index (χ2v) is 5.10. The first kappa shape index (κ1) is 15.0. The molecule has 1 N–H and O–H groups in total. The van der Waals surface area contributed by atoms with E-state index in [1.54, 1.807) is 39.0 Å². The third kappa shape index (κ3) is 4.66. The van der Waals surface area contributed by atoms with Crippen LogP contribution in [0.5, 0.6) is 5.75 Å².